The molecule has 114 valence electrons. The summed E-state index contributed by atoms with van der Waals surface area (Å²) >= 11 is 0. The summed E-state index contributed by atoms with van der Waals surface area (Å²) in [6.45, 7) is 6.06. The molecule has 1 rings (SSSR count). The van der Waals surface area contributed by atoms with Gasteiger partial charge in [0.05, 0.1) is 19.6 Å². The summed E-state index contributed by atoms with van der Waals surface area (Å²) in [7, 11) is 1.35. The van der Waals surface area contributed by atoms with Gasteiger partial charge in [-0.15, -0.1) is 0 Å². The molecule has 1 aromatic rings. The van der Waals surface area contributed by atoms with E-state index < -0.39 is 0 Å². The highest BCUT2D eigenvalue weighted by Crippen LogP contribution is 2.21. The van der Waals surface area contributed by atoms with Gasteiger partial charge < -0.3 is 9.64 Å². The average Bonchev–Trinajstić information content (AvgIpc) is 2.47. The molecular formula is C17H23NO3. The van der Waals surface area contributed by atoms with E-state index in [0.717, 1.165) is 11.1 Å². The number of carbonyl (C=O) groups excluding carboxylic acids is 2. The predicted molar refractivity (Wildman–Crippen MR) is 82.6 cm³/mol. The summed E-state index contributed by atoms with van der Waals surface area (Å²) in [6, 6.07) is 9.68. The number of hydrogen-bond acceptors (Lipinski definition) is 3. The van der Waals surface area contributed by atoms with Crippen LogP contribution in [0.3, 0.4) is 0 Å². The topological polar surface area (TPSA) is 46.6 Å². The first-order valence-electron chi connectivity index (χ1n) is 7.03. The Labute approximate surface area is 126 Å². The van der Waals surface area contributed by atoms with Crippen LogP contribution in [0.15, 0.2) is 42.0 Å². The zero-order chi connectivity index (χ0) is 15.8. The van der Waals surface area contributed by atoms with Crippen molar-refractivity contribution in [2.45, 2.75) is 33.2 Å². The molecule has 0 aliphatic carbocycles. The molecule has 0 aliphatic rings. The van der Waals surface area contributed by atoms with Crippen molar-refractivity contribution >= 4 is 11.9 Å². The zero-order valence-electron chi connectivity index (χ0n) is 13.1. The van der Waals surface area contributed by atoms with Gasteiger partial charge in [0.1, 0.15) is 0 Å². The van der Waals surface area contributed by atoms with Gasteiger partial charge in [-0.05, 0) is 26.3 Å². The SMILES string of the molecule is COC(=O)CCN(C(=O)C=C(C)C)C(C)c1ccccc1. The number of methoxy groups -OCH3 is 1. The molecule has 1 atom stereocenters. The molecule has 0 saturated carbocycles. The molecule has 4 nitrogen and oxygen atoms in total. The molecule has 0 N–H and O–H groups in total. The molecule has 0 aromatic heterocycles. The van der Waals surface area contributed by atoms with E-state index in [0.29, 0.717) is 6.54 Å². The second-order valence-electron chi connectivity index (χ2n) is 5.17. The van der Waals surface area contributed by atoms with Crippen LogP contribution in [0.25, 0.3) is 0 Å². The predicted octanol–water partition coefficient (Wildman–Crippen LogP) is 3.11. The van der Waals surface area contributed by atoms with Crippen LogP contribution in [0.5, 0.6) is 0 Å². The van der Waals surface area contributed by atoms with Crippen LogP contribution in [0, 0.1) is 0 Å². The lowest BCUT2D eigenvalue weighted by Crippen LogP contribution is -2.34. The summed E-state index contributed by atoms with van der Waals surface area (Å²) < 4.78 is 4.65. The average molecular weight is 289 g/mol. The summed E-state index contributed by atoms with van der Waals surface area (Å²) in [5.74, 6) is -0.402. The quantitative estimate of drug-likeness (QED) is 0.597. The van der Waals surface area contributed by atoms with E-state index in [2.05, 4.69) is 4.74 Å². The number of nitrogens with zero attached hydrogens (tertiary/aromatic N) is 1. The lowest BCUT2D eigenvalue weighted by Gasteiger charge is -2.28. The minimum absolute atomic E-state index is 0.0877. The third kappa shape index (κ3) is 5.42. The fourth-order valence-corrected chi connectivity index (χ4v) is 2.05. The lowest BCUT2D eigenvalue weighted by molar-refractivity contribution is -0.141. The van der Waals surface area contributed by atoms with Gasteiger partial charge in [0.2, 0.25) is 5.91 Å². The highest BCUT2D eigenvalue weighted by atomic mass is 16.5. The Morgan fingerprint density at radius 2 is 1.86 bits per heavy atom. The highest BCUT2D eigenvalue weighted by molar-refractivity contribution is 5.88. The van der Waals surface area contributed by atoms with E-state index in [1.165, 1.54) is 7.11 Å². The Balaban J connectivity index is 2.92. The highest BCUT2D eigenvalue weighted by Gasteiger charge is 2.20. The number of hydrogen-bond donors (Lipinski definition) is 0. The van der Waals surface area contributed by atoms with Crippen molar-refractivity contribution in [3.8, 4) is 0 Å². The van der Waals surface area contributed by atoms with Crippen molar-refractivity contribution in [1.82, 2.24) is 4.90 Å². The standard InChI is InChI=1S/C17H23NO3/c1-13(2)12-16(19)18(11-10-17(20)21-4)14(3)15-8-6-5-7-9-15/h5-9,12,14H,10-11H2,1-4H3. The minimum atomic E-state index is -0.315. The van der Waals surface area contributed by atoms with E-state index in [-0.39, 0.29) is 24.3 Å². The van der Waals surface area contributed by atoms with Gasteiger partial charge in [-0.1, -0.05) is 35.9 Å². The molecule has 0 heterocycles. The Bertz CT molecular complexity index is 504. The molecule has 1 unspecified atom stereocenters. The van der Waals surface area contributed by atoms with Crippen LogP contribution >= 0.6 is 0 Å². The first-order valence-corrected chi connectivity index (χ1v) is 7.03. The van der Waals surface area contributed by atoms with Crippen LogP contribution in [0.4, 0.5) is 0 Å². The molecule has 0 saturated heterocycles. The Morgan fingerprint density at radius 3 is 2.38 bits per heavy atom. The number of esters is 1. The van der Waals surface area contributed by atoms with E-state index in [1.54, 1.807) is 11.0 Å². The maximum absolute atomic E-state index is 12.4. The summed E-state index contributed by atoms with van der Waals surface area (Å²) in [5, 5.41) is 0. The van der Waals surface area contributed by atoms with E-state index in [1.807, 2.05) is 51.1 Å². The monoisotopic (exact) mass is 289 g/mol. The fourth-order valence-electron chi connectivity index (χ4n) is 2.05. The molecule has 0 aliphatic heterocycles. The molecule has 1 amide bonds. The number of rotatable bonds is 6. The zero-order valence-corrected chi connectivity index (χ0v) is 13.1. The van der Waals surface area contributed by atoms with E-state index in [4.69, 9.17) is 0 Å². The number of ether oxygens (including phenoxy) is 1. The van der Waals surface area contributed by atoms with Gasteiger partial charge in [-0.3, -0.25) is 9.59 Å². The Kier molecular flexibility index (Phi) is 6.66. The molecule has 4 heteroatoms. The largest absolute Gasteiger partial charge is 0.469 e. The van der Waals surface area contributed by atoms with Crippen LogP contribution in [-0.4, -0.2) is 30.4 Å². The third-order valence-electron chi connectivity index (χ3n) is 3.23. The van der Waals surface area contributed by atoms with Crippen molar-refractivity contribution in [2.75, 3.05) is 13.7 Å². The number of carbonyl (C=O) groups is 2. The maximum Gasteiger partial charge on any atom is 0.307 e. The van der Waals surface area contributed by atoms with Crippen LogP contribution in [-0.2, 0) is 14.3 Å². The van der Waals surface area contributed by atoms with Crippen molar-refractivity contribution in [3.05, 3.63) is 47.5 Å². The van der Waals surface area contributed by atoms with Crippen LogP contribution in [0.1, 0.15) is 38.8 Å². The number of allylic oxidation sites excluding steroid dienone is 1. The summed E-state index contributed by atoms with van der Waals surface area (Å²) in [4.78, 5) is 25.4. The van der Waals surface area contributed by atoms with Gasteiger partial charge in [-0.25, -0.2) is 0 Å². The molecule has 1 aromatic carbocycles. The molecule has 21 heavy (non-hydrogen) atoms. The third-order valence-corrected chi connectivity index (χ3v) is 3.23. The summed E-state index contributed by atoms with van der Waals surface area (Å²) in [6.07, 6.45) is 1.78. The second-order valence-corrected chi connectivity index (χ2v) is 5.17. The van der Waals surface area contributed by atoms with Crippen molar-refractivity contribution in [3.63, 3.8) is 0 Å². The van der Waals surface area contributed by atoms with Gasteiger partial charge in [0, 0.05) is 12.6 Å². The number of amides is 1. The molecule has 0 radical (unpaired) electrons. The Morgan fingerprint density at radius 1 is 1.24 bits per heavy atom. The minimum Gasteiger partial charge on any atom is -0.469 e. The first-order chi connectivity index (χ1) is 9.95. The Hall–Kier alpha value is -2.10. The van der Waals surface area contributed by atoms with Crippen LogP contribution in [0.2, 0.25) is 0 Å². The summed E-state index contributed by atoms with van der Waals surface area (Å²) in [5.41, 5.74) is 1.97. The van der Waals surface area contributed by atoms with Crippen molar-refractivity contribution in [2.24, 2.45) is 0 Å². The van der Waals surface area contributed by atoms with Gasteiger partial charge in [0.15, 0.2) is 0 Å². The van der Waals surface area contributed by atoms with Crippen molar-refractivity contribution in [1.29, 1.82) is 0 Å². The van der Waals surface area contributed by atoms with E-state index >= 15 is 0 Å². The molecule has 0 spiro atoms. The fraction of sp³-hybridized carbons (Fsp3) is 0.412. The van der Waals surface area contributed by atoms with Crippen molar-refractivity contribution < 1.29 is 14.3 Å². The smallest absolute Gasteiger partial charge is 0.307 e. The van der Waals surface area contributed by atoms with E-state index in [9.17, 15) is 9.59 Å². The lowest BCUT2D eigenvalue weighted by atomic mass is 10.1. The molecular weight excluding hydrogens is 266 g/mol. The van der Waals surface area contributed by atoms with Gasteiger partial charge in [-0.2, -0.15) is 0 Å². The molecule has 0 fully saturated rings. The normalized spacial score (nSPS) is 11.4. The van der Waals surface area contributed by atoms with Crippen LogP contribution < -0.4 is 0 Å². The second kappa shape index (κ2) is 8.25. The molecule has 0 bridgehead atoms. The van der Waals surface area contributed by atoms with Gasteiger partial charge in [0.25, 0.3) is 0 Å². The first kappa shape index (κ1) is 17.0. The van der Waals surface area contributed by atoms with Gasteiger partial charge >= 0.3 is 5.97 Å². The number of benzene rings is 1. The maximum atomic E-state index is 12.4.